The maximum absolute atomic E-state index is 10.7. The fourth-order valence-electron chi connectivity index (χ4n) is 1.31. The van der Waals surface area contributed by atoms with Crippen molar-refractivity contribution in [2.75, 3.05) is 32.0 Å². The number of rotatable bonds is 6. The van der Waals surface area contributed by atoms with Gasteiger partial charge in [0.1, 0.15) is 0 Å². The number of hydrogen-bond donors (Lipinski definition) is 2. The molecule has 0 unspecified atom stereocenters. The van der Waals surface area contributed by atoms with E-state index < -0.39 is 5.97 Å². The number of anilines is 1. The van der Waals surface area contributed by atoms with Gasteiger partial charge in [-0.15, -0.1) is 0 Å². The molecular weight excluding hydrogens is 204 g/mol. The Balaban J connectivity index is 2.48. The lowest BCUT2D eigenvalue weighted by Crippen LogP contribution is -2.24. The summed E-state index contributed by atoms with van der Waals surface area (Å²) in [6, 6.07) is 6.85. The molecule has 1 aromatic rings. The van der Waals surface area contributed by atoms with Crippen LogP contribution in [0.25, 0.3) is 0 Å². The van der Waals surface area contributed by atoms with Crippen molar-refractivity contribution >= 4 is 11.7 Å². The Kier molecular flexibility index (Phi) is 4.79. The summed E-state index contributed by atoms with van der Waals surface area (Å²) >= 11 is 0. The third kappa shape index (κ3) is 3.90. The van der Waals surface area contributed by atoms with Gasteiger partial charge in [-0.2, -0.15) is 0 Å². The Labute approximate surface area is 95.9 Å². The van der Waals surface area contributed by atoms with Crippen molar-refractivity contribution in [3.63, 3.8) is 0 Å². The van der Waals surface area contributed by atoms with Crippen LogP contribution < -0.4 is 5.32 Å². The summed E-state index contributed by atoms with van der Waals surface area (Å²) in [6.07, 6.45) is 0. The van der Waals surface area contributed by atoms with Crippen LogP contribution in [0.3, 0.4) is 0 Å². The van der Waals surface area contributed by atoms with Crippen LogP contribution in [-0.4, -0.2) is 42.7 Å². The Morgan fingerprint density at radius 1 is 1.50 bits per heavy atom. The van der Waals surface area contributed by atoms with E-state index in [0.29, 0.717) is 5.56 Å². The molecule has 1 aromatic carbocycles. The highest BCUT2D eigenvalue weighted by atomic mass is 16.4. The standard InChI is InChI=1S/C12H18N2O2/c1-3-14(2)8-7-13-11-6-4-5-10(9-11)12(15)16/h4-6,9,13H,3,7-8H2,1-2H3,(H,15,16). The van der Waals surface area contributed by atoms with Gasteiger partial charge in [0, 0.05) is 18.8 Å². The molecule has 0 aliphatic heterocycles. The van der Waals surface area contributed by atoms with Gasteiger partial charge in [0.25, 0.3) is 0 Å². The molecule has 0 aliphatic carbocycles. The zero-order valence-electron chi connectivity index (χ0n) is 9.73. The number of carboxylic acids is 1. The minimum absolute atomic E-state index is 0.314. The highest BCUT2D eigenvalue weighted by Crippen LogP contribution is 2.10. The van der Waals surface area contributed by atoms with Gasteiger partial charge in [-0.25, -0.2) is 4.79 Å². The van der Waals surface area contributed by atoms with Crippen molar-refractivity contribution in [2.24, 2.45) is 0 Å². The van der Waals surface area contributed by atoms with E-state index in [9.17, 15) is 4.79 Å². The number of carbonyl (C=O) groups is 1. The minimum atomic E-state index is -0.894. The molecule has 0 bridgehead atoms. The lowest BCUT2D eigenvalue weighted by atomic mass is 10.2. The van der Waals surface area contributed by atoms with Gasteiger partial charge < -0.3 is 15.3 Å². The number of benzene rings is 1. The summed E-state index contributed by atoms with van der Waals surface area (Å²) in [4.78, 5) is 12.9. The second-order valence-corrected chi connectivity index (χ2v) is 3.71. The first kappa shape index (κ1) is 12.5. The summed E-state index contributed by atoms with van der Waals surface area (Å²) in [7, 11) is 2.05. The van der Waals surface area contributed by atoms with Crippen molar-refractivity contribution in [1.29, 1.82) is 0 Å². The smallest absolute Gasteiger partial charge is 0.335 e. The van der Waals surface area contributed by atoms with E-state index in [2.05, 4.69) is 24.2 Å². The normalized spacial score (nSPS) is 10.4. The molecule has 0 aliphatic rings. The van der Waals surface area contributed by atoms with Crippen LogP contribution in [-0.2, 0) is 0 Å². The van der Waals surface area contributed by atoms with Crippen molar-refractivity contribution < 1.29 is 9.90 Å². The number of likely N-dealkylation sites (N-methyl/N-ethyl adjacent to an activating group) is 1. The first-order chi connectivity index (χ1) is 7.63. The molecule has 16 heavy (non-hydrogen) atoms. The maximum atomic E-state index is 10.7. The zero-order chi connectivity index (χ0) is 12.0. The van der Waals surface area contributed by atoms with Crippen LogP contribution in [0, 0.1) is 0 Å². The number of aromatic carboxylic acids is 1. The average Bonchev–Trinajstić information content (AvgIpc) is 2.29. The van der Waals surface area contributed by atoms with E-state index >= 15 is 0 Å². The van der Waals surface area contributed by atoms with E-state index in [-0.39, 0.29) is 0 Å². The molecule has 88 valence electrons. The number of nitrogens with one attached hydrogen (secondary N) is 1. The molecule has 2 N–H and O–H groups in total. The topological polar surface area (TPSA) is 52.6 Å². The minimum Gasteiger partial charge on any atom is -0.478 e. The average molecular weight is 222 g/mol. The molecule has 0 spiro atoms. The van der Waals surface area contributed by atoms with Crippen LogP contribution in [0.4, 0.5) is 5.69 Å². The van der Waals surface area contributed by atoms with Gasteiger partial charge in [0.2, 0.25) is 0 Å². The Morgan fingerprint density at radius 3 is 2.88 bits per heavy atom. The highest BCUT2D eigenvalue weighted by molar-refractivity contribution is 5.88. The van der Waals surface area contributed by atoms with E-state index in [4.69, 9.17) is 5.11 Å². The molecule has 0 saturated heterocycles. The van der Waals surface area contributed by atoms with Crippen LogP contribution in [0.15, 0.2) is 24.3 Å². The van der Waals surface area contributed by atoms with E-state index in [1.165, 1.54) is 0 Å². The summed E-state index contributed by atoms with van der Waals surface area (Å²) in [5.74, 6) is -0.894. The van der Waals surface area contributed by atoms with Gasteiger partial charge in [-0.3, -0.25) is 0 Å². The van der Waals surface area contributed by atoms with Crippen LogP contribution in [0.2, 0.25) is 0 Å². The lowest BCUT2D eigenvalue weighted by molar-refractivity contribution is 0.0697. The van der Waals surface area contributed by atoms with Crippen molar-refractivity contribution in [3.05, 3.63) is 29.8 Å². The molecule has 1 rings (SSSR count). The summed E-state index contributed by atoms with van der Waals surface area (Å²) in [6.45, 7) is 4.86. The van der Waals surface area contributed by atoms with E-state index in [1.807, 2.05) is 6.07 Å². The Hall–Kier alpha value is -1.55. The summed E-state index contributed by atoms with van der Waals surface area (Å²) in [5.41, 5.74) is 1.17. The van der Waals surface area contributed by atoms with Gasteiger partial charge in [0.15, 0.2) is 0 Å². The number of carboxylic acid groups (broad SMARTS) is 1. The van der Waals surface area contributed by atoms with Gasteiger partial charge in [-0.05, 0) is 31.8 Å². The molecule has 0 saturated carbocycles. The molecule has 4 heteroatoms. The van der Waals surface area contributed by atoms with Crippen molar-refractivity contribution in [1.82, 2.24) is 4.90 Å². The van der Waals surface area contributed by atoms with E-state index in [0.717, 1.165) is 25.3 Å². The lowest BCUT2D eigenvalue weighted by Gasteiger charge is -2.14. The SMILES string of the molecule is CCN(C)CCNc1cccc(C(=O)O)c1. The third-order valence-corrected chi connectivity index (χ3v) is 2.47. The Bertz CT molecular complexity index is 353. The second kappa shape index (κ2) is 6.12. The summed E-state index contributed by atoms with van der Waals surface area (Å²) < 4.78 is 0. The molecule has 0 radical (unpaired) electrons. The molecule has 0 fully saturated rings. The molecule has 0 amide bonds. The predicted molar refractivity (Wildman–Crippen MR) is 65.1 cm³/mol. The van der Waals surface area contributed by atoms with Crippen LogP contribution in [0.5, 0.6) is 0 Å². The highest BCUT2D eigenvalue weighted by Gasteiger charge is 2.02. The fourth-order valence-corrected chi connectivity index (χ4v) is 1.31. The number of hydrogen-bond acceptors (Lipinski definition) is 3. The van der Waals surface area contributed by atoms with Crippen molar-refractivity contribution in [2.45, 2.75) is 6.92 Å². The number of nitrogens with zero attached hydrogens (tertiary/aromatic N) is 1. The van der Waals surface area contributed by atoms with Crippen molar-refractivity contribution in [3.8, 4) is 0 Å². The van der Waals surface area contributed by atoms with Gasteiger partial charge >= 0.3 is 5.97 Å². The van der Waals surface area contributed by atoms with Crippen LogP contribution >= 0.6 is 0 Å². The zero-order valence-corrected chi connectivity index (χ0v) is 9.73. The van der Waals surface area contributed by atoms with E-state index in [1.54, 1.807) is 18.2 Å². The quantitative estimate of drug-likeness (QED) is 0.770. The molecule has 0 atom stereocenters. The predicted octanol–water partition coefficient (Wildman–Crippen LogP) is 1.75. The molecule has 4 nitrogen and oxygen atoms in total. The second-order valence-electron chi connectivity index (χ2n) is 3.71. The van der Waals surface area contributed by atoms with Gasteiger partial charge in [0.05, 0.1) is 5.56 Å². The summed E-state index contributed by atoms with van der Waals surface area (Å²) in [5, 5.41) is 12.0. The fraction of sp³-hybridized carbons (Fsp3) is 0.417. The largest absolute Gasteiger partial charge is 0.478 e. The Morgan fingerprint density at radius 2 is 2.25 bits per heavy atom. The monoisotopic (exact) mass is 222 g/mol. The first-order valence-corrected chi connectivity index (χ1v) is 5.39. The van der Waals surface area contributed by atoms with Gasteiger partial charge in [-0.1, -0.05) is 13.0 Å². The maximum Gasteiger partial charge on any atom is 0.335 e. The molecule has 0 heterocycles. The molecule has 0 aromatic heterocycles. The first-order valence-electron chi connectivity index (χ1n) is 5.39. The molecular formula is C12H18N2O2. The van der Waals surface area contributed by atoms with Crippen LogP contribution in [0.1, 0.15) is 17.3 Å². The third-order valence-electron chi connectivity index (χ3n) is 2.47.